The van der Waals surface area contributed by atoms with Crippen molar-refractivity contribution in [3.8, 4) is 11.5 Å². The highest BCUT2D eigenvalue weighted by molar-refractivity contribution is 7.82. The van der Waals surface area contributed by atoms with Crippen molar-refractivity contribution in [1.82, 2.24) is 19.6 Å². The van der Waals surface area contributed by atoms with Crippen LogP contribution in [0.25, 0.3) is 0 Å². The van der Waals surface area contributed by atoms with Crippen LogP contribution in [0.2, 0.25) is 0 Å². The van der Waals surface area contributed by atoms with Crippen LogP contribution in [0.3, 0.4) is 0 Å². The molecule has 1 saturated heterocycles. The summed E-state index contributed by atoms with van der Waals surface area (Å²) >= 11 is 0. The summed E-state index contributed by atoms with van der Waals surface area (Å²) in [6.45, 7) is 7.32. The van der Waals surface area contributed by atoms with Crippen LogP contribution >= 0.6 is 0 Å². The average Bonchev–Trinajstić information content (AvgIpc) is 2.94. The largest absolute Gasteiger partial charge is 0.454 e. The molecule has 0 bridgehead atoms. The van der Waals surface area contributed by atoms with Gasteiger partial charge in [-0.05, 0) is 56.6 Å². The Balaban J connectivity index is 0.000000607. The Morgan fingerprint density at radius 1 is 1.13 bits per heavy atom. The monoisotopic (exact) mass is 558 g/mol. The molecule has 1 heterocycles. The number of morpholine rings is 1. The molecule has 0 radical (unpaired) electrons. The molecule has 1 aliphatic heterocycles. The molecule has 2 amide bonds. The first kappa shape index (κ1) is 33.1. The van der Waals surface area contributed by atoms with Crippen molar-refractivity contribution in [2.75, 3.05) is 60.0 Å². The number of ether oxygens (including phenoxy) is 2. The van der Waals surface area contributed by atoms with Gasteiger partial charge in [-0.1, -0.05) is 13.8 Å². The number of nitrogens with one attached hydrogen (secondary N) is 1. The lowest BCUT2D eigenvalue weighted by molar-refractivity contribution is -0.129. The Morgan fingerprint density at radius 3 is 2.26 bits per heavy atom. The van der Waals surface area contributed by atoms with Crippen LogP contribution < -0.4 is 10.2 Å². The van der Waals surface area contributed by atoms with E-state index in [1.165, 1.54) is 46.2 Å². The van der Waals surface area contributed by atoms with Gasteiger partial charge in [0.2, 0.25) is 6.41 Å². The molecule has 1 unspecified atom stereocenters. The van der Waals surface area contributed by atoms with Crippen molar-refractivity contribution in [1.29, 1.82) is 0 Å². The van der Waals surface area contributed by atoms with Crippen LogP contribution in [-0.2, 0) is 25.3 Å². The maximum atomic E-state index is 14.4. The molecule has 0 aromatic heterocycles. The molecule has 1 fully saturated rings. The van der Waals surface area contributed by atoms with Crippen molar-refractivity contribution < 1.29 is 37.3 Å². The minimum atomic E-state index is -1.84. The summed E-state index contributed by atoms with van der Waals surface area (Å²) in [5.41, 5.74) is 1.49. The van der Waals surface area contributed by atoms with E-state index >= 15 is 0 Å². The molecule has 3 rings (SSSR count). The number of amides is 2. The average molecular weight is 559 g/mol. The minimum Gasteiger partial charge on any atom is -0.454 e. The molecule has 1 atom stereocenters. The van der Waals surface area contributed by atoms with Crippen molar-refractivity contribution in [3.63, 3.8) is 0 Å². The van der Waals surface area contributed by atoms with Crippen LogP contribution in [0, 0.1) is 11.6 Å². The number of rotatable bonds is 10. The molecule has 0 aliphatic carbocycles. The second-order valence-electron chi connectivity index (χ2n) is 7.85. The van der Waals surface area contributed by atoms with E-state index < -0.39 is 28.5 Å². The zero-order valence-corrected chi connectivity index (χ0v) is 22.9. The number of hydrogen-bond acceptors (Lipinski definition) is 7. The summed E-state index contributed by atoms with van der Waals surface area (Å²) in [6.07, 6.45) is 0.864. The van der Waals surface area contributed by atoms with Gasteiger partial charge in [0.1, 0.15) is 22.6 Å². The fraction of sp³-hybridized carbons (Fsp3) is 0.440. The second kappa shape index (κ2) is 18.3. The predicted octanol–water partition coefficient (Wildman–Crippen LogP) is 2.65. The molecule has 2 aromatic rings. The number of hydroxylamine groups is 1. The van der Waals surface area contributed by atoms with E-state index in [4.69, 9.17) is 14.7 Å². The van der Waals surface area contributed by atoms with Gasteiger partial charge in [0, 0.05) is 26.2 Å². The number of carbonyl (C=O) groups is 2. The highest BCUT2D eigenvalue weighted by atomic mass is 32.2. The Hall–Kier alpha value is -2.97. The number of carbonyl (C=O) groups excluding carboxylic acids is 2. The van der Waals surface area contributed by atoms with Gasteiger partial charge in [-0.15, -0.1) is 0 Å². The molecule has 0 spiro atoms. The zero-order chi connectivity index (χ0) is 28.5. The molecule has 10 nitrogen and oxygen atoms in total. The number of benzene rings is 2. The molecule has 1 aliphatic rings. The van der Waals surface area contributed by atoms with E-state index in [0.717, 1.165) is 25.6 Å². The number of hydrogen-bond donors (Lipinski definition) is 2. The van der Waals surface area contributed by atoms with Gasteiger partial charge < -0.3 is 19.3 Å². The van der Waals surface area contributed by atoms with E-state index in [0.29, 0.717) is 19.8 Å². The molecular weight excluding hydrogens is 522 g/mol. The fourth-order valence-electron chi connectivity index (χ4n) is 2.86. The molecule has 0 saturated carbocycles. The number of nitrogens with zero attached hydrogens (tertiary/aromatic N) is 3. The lowest BCUT2D eigenvalue weighted by Crippen LogP contribution is -2.40. The van der Waals surface area contributed by atoms with Crippen LogP contribution in [0.15, 0.2) is 47.4 Å². The van der Waals surface area contributed by atoms with E-state index in [-0.39, 0.29) is 29.5 Å². The zero-order valence-electron chi connectivity index (χ0n) is 22.1. The van der Waals surface area contributed by atoms with E-state index in [1.807, 2.05) is 32.8 Å². The van der Waals surface area contributed by atoms with Crippen molar-refractivity contribution in [2.45, 2.75) is 18.7 Å². The van der Waals surface area contributed by atoms with Crippen molar-refractivity contribution in [3.05, 3.63) is 54.1 Å². The first-order valence-corrected chi connectivity index (χ1v) is 13.1. The van der Waals surface area contributed by atoms with Crippen LogP contribution in [-0.4, -0.2) is 95.9 Å². The van der Waals surface area contributed by atoms with E-state index in [9.17, 15) is 22.6 Å². The lowest BCUT2D eigenvalue weighted by atomic mass is 10.3. The third kappa shape index (κ3) is 12.0. The molecule has 2 N–H and O–H groups in total. The van der Waals surface area contributed by atoms with Crippen molar-refractivity contribution in [2.24, 2.45) is 0 Å². The maximum absolute atomic E-state index is 14.4. The topological polar surface area (TPSA) is 112 Å². The SMILES string of the molecule is CC.CN(C)CCN(CC(=O)NO)S(=O)c1ccc(Oc2ccc(F)cc2)c(F)c1.O=CN1CCOCC1. The lowest BCUT2D eigenvalue weighted by Gasteiger charge is -2.22. The quantitative estimate of drug-likeness (QED) is 0.262. The summed E-state index contributed by atoms with van der Waals surface area (Å²) in [5.74, 6) is -1.79. The third-order valence-electron chi connectivity index (χ3n) is 4.82. The van der Waals surface area contributed by atoms with Gasteiger partial charge in [-0.25, -0.2) is 22.8 Å². The van der Waals surface area contributed by atoms with Crippen LogP contribution in [0.1, 0.15) is 13.8 Å². The van der Waals surface area contributed by atoms with Gasteiger partial charge >= 0.3 is 0 Å². The summed E-state index contributed by atoms with van der Waals surface area (Å²) < 4.78 is 51.8. The van der Waals surface area contributed by atoms with E-state index in [1.54, 1.807) is 4.90 Å². The number of halogens is 2. The second-order valence-corrected chi connectivity index (χ2v) is 9.34. The van der Waals surface area contributed by atoms with Gasteiger partial charge in [0.15, 0.2) is 11.6 Å². The predicted molar refractivity (Wildman–Crippen MR) is 139 cm³/mol. The smallest absolute Gasteiger partial charge is 0.258 e. The van der Waals surface area contributed by atoms with Gasteiger partial charge in [0.05, 0.1) is 24.7 Å². The Kier molecular flexibility index (Phi) is 15.9. The maximum Gasteiger partial charge on any atom is 0.258 e. The van der Waals surface area contributed by atoms with Crippen LogP contribution in [0.5, 0.6) is 11.5 Å². The third-order valence-corrected chi connectivity index (χ3v) is 6.25. The summed E-state index contributed by atoms with van der Waals surface area (Å²) in [4.78, 5) is 25.2. The molecular formula is C25H36F2N4O6S. The molecule has 38 heavy (non-hydrogen) atoms. The summed E-state index contributed by atoms with van der Waals surface area (Å²) in [5, 5.41) is 8.72. The number of likely N-dealkylation sites (N-methyl/N-ethyl adjacent to an activating group) is 1. The Bertz CT molecular complexity index is 1010. The standard InChI is InChI=1S/C18H21F2N3O4S.C5H9NO2.C2H6/c1-22(2)9-10-23(12-18(24)21-25)28(26)15-7-8-17(16(20)11-15)27-14-5-3-13(19)4-6-14;7-5-6-1-3-8-4-2-6;1-2/h3-8,11,25H,9-10,12H2,1-2H3,(H,21,24);5H,1-4H2;1-2H3. The summed E-state index contributed by atoms with van der Waals surface area (Å²) in [7, 11) is 1.79. The van der Waals surface area contributed by atoms with Crippen LogP contribution in [0.4, 0.5) is 8.78 Å². The van der Waals surface area contributed by atoms with E-state index in [2.05, 4.69) is 0 Å². The Labute approximate surface area is 224 Å². The highest BCUT2D eigenvalue weighted by Gasteiger charge is 2.20. The Morgan fingerprint density at radius 2 is 1.76 bits per heavy atom. The van der Waals surface area contributed by atoms with Gasteiger partial charge in [-0.3, -0.25) is 14.8 Å². The van der Waals surface area contributed by atoms with Gasteiger partial charge in [0.25, 0.3) is 5.91 Å². The van der Waals surface area contributed by atoms with Gasteiger partial charge in [-0.2, -0.15) is 0 Å². The van der Waals surface area contributed by atoms with Crippen molar-refractivity contribution >= 4 is 23.3 Å². The molecule has 2 aromatic carbocycles. The molecule has 13 heteroatoms. The fourth-order valence-corrected chi connectivity index (χ4v) is 4.03. The first-order chi connectivity index (χ1) is 18.2. The first-order valence-electron chi connectivity index (χ1n) is 12.0. The highest BCUT2D eigenvalue weighted by Crippen LogP contribution is 2.26. The normalized spacial score (nSPS) is 13.6. The molecule has 212 valence electrons. The summed E-state index contributed by atoms with van der Waals surface area (Å²) in [6, 6.07) is 8.86. The minimum absolute atomic E-state index is 0.111.